The lowest BCUT2D eigenvalue weighted by Crippen LogP contribution is -2.48. The van der Waals surface area contributed by atoms with E-state index in [1.54, 1.807) is 4.90 Å². The van der Waals surface area contributed by atoms with E-state index in [-0.39, 0.29) is 11.9 Å². The third kappa shape index (κ3) is 3.77. The molecule has 0 aliphatic carbocycles. The van der Waals surface area contributed by atoms with Crippen molar-refractivity contribution in [2.45, 2.75) is 32.5 Å². The van der Waals surface area contributed by atoms with E-state index in [9.17, 15) is 4.79 Å². The van der Waals surface area contributed by atoms with Gasteiger partial charge in [-0.3, -0.25) is 4.79 Å². The minimum absolute atomic E-state index is 0.137. The van der Waals surface area contributed by atoms with Crippen molar-refractivity contribution >= 4 is 5.91 Å². The number of nitrogens with one attached hydrogen (secondary N) is 1. The molecule has 1 N–H and O–H groups in total. The van der Waals surface area contributed by atoms with Crippen LogP contribution in [0.4, 0.5) is 0 Å². The number of rotatable bonds is 5. The quantitative estimate of drug-likeness (QED) is 0.919. The summed E-state index contributed by atoms with van der Waals surface area (Å²) in [4.78, 5) is 14.5. The summed E-state index contributed by atoms with van der Waals surface area (Å²) in [6, 6.07) is 16.1. The van der Waals surface area contributed by atoms with Crippen LogP contribution < -0.4 is 10.1 Å². The van der Waals surface area contributed by atoms with E-state index >= 15 is 0 Å². The number of nitrogens with zero attached hydrogens (tertiary/aromatic N) is 1. The molecule has 0 spiro atoms. The molecule has 0 saturated carbocycles. The van der Waals surface area contributed by atoms with Crippen molar-refractivity contribution in [1.82, 2.24) is 10.2 Å². The molecular weight excluding hydrogens is 300 g/mol. The molecule has 1 heterocycles. The monoisotopic (exact) mass is 324 g/mol. The van der Waals surface area contributed by atoms with Crippen LogP contribution in [0, 0.1) is 0 Å². The number of carbonyl (C=O) groups excluding carboxylic acids is 1. The first kappa shape index (κ1) is 16.5. The summed E-state index contributed by atoms with van der Waals surface area (Å²) in [6.07, 6.45) is 0.753. The fourth-order valence-electron chi connectivity index (χ4n) is 3.10. The summed E-state index contributed by atoms with van der Waals surface area (Å²) < 4.78 is 5.45. The Balaban J connectivity index is 1.61. The second-order valence-electron chi connectivity index (χ2n) is 6.18. The van der Waals surface area contributed by atoms with Crippen LogP contribution in [0.25, 0.3) is 0 Å². The van der Waals surface area contributed by atoms with Gasteiger partial charge in [-0.15, -0.1) is 0 Å². The van der Waals surface area contributed by atoms with Gasteiger partial charge in [-0.25, -0.2) is 0 Å². The molecule has 1 aliphatic rings. The van der Waals surface area contributed by atoms with Crippen molar-refractivity contribution in [2.75, 3.05) is 13.7 Å². The maximum Gasteiger partial charge on any atom is 0.240 e. The second-order valence-corrected chi connectivity index (χ2v) is 6.18. The maximum atomic E-state index is 12.7. The highest BCUT2D eigenvalue weighted by Crippen LogP contribution is 2.18. The normalized spacial score (nSPS) is 16.3. The Morgan fingerprint density at radius 2 is 1.88 bits per heavy atom. The molecule has 2 aromatic rings. The molecule has 0 saturated heterocycles. The Bertz CT molecular complexity index is 697. The van der Waals surface area contributed by atoms with Gasteiger partial charge < -0.3 is 15.0 Å². The third-order valence-electron chi connectivity index (χ3n) is 4.41. The number of ether oxygens (including phenoxy) is 1. The number of benzene rings is 2. The van der Waals surface area contributed by atoms with Gasteiger partial charge in [-0.1, -0.05) is 36.4 Å². The van der Waals surface area contributed by atoms with Gasteiger partial charge in [0.25, 0.3) is 0 Å². The third-order valence-corrected chi connectivity index (χ3v) is 4.41. The summed E-state index contributed by atoms with van der Waals surface area (Å²) in [5.74, 6) is 0.999. The fraction of sp³-hybridized carbons (Fsp3) is 0.350. The van der Waals surface area contributed by atoms with Crippen LogP contribution in [0.2, 0.25) is 0 Å². The van der Waals surface area contributed by atoms with Crippen LogP contribution in [-0.4, -0.2) is 30.5 Å². The van der Waals surface area contributed by atoms with E-state index < -0.39 is 0 Å². The van der Waals surface area contributed by atoms with E-state index in [0.29, 0.717) is 13.2 Å². The van der Waals surface area contributed by atoms with E-state index in [2.05, 4.69) is 17.4 Å². The zero-order valence-electron chi connectivity index (χ0n) is 14.3. The van der Waals surface area contributed by atoms with Gasteiger partial charge >= 0.3 is 0 Å². The largest absolute Gasteiger partial charge is 0.494 e. The molecule has 4 heteroatoms. The number of carbonyl (C=O) groups is 1. The van der Waals surface area contributed by atoms with Gasteiger partial charge in [-0.2, -0.15) is 0 Å². The average Bonchev–Trinajstić information content (AvgIpc) is 2.62. The molecule has 1 aliphatic heterocycles. The Morgan fingerprint density at radius 1 is 1.17 bits per heavy atom. The minimum atomic E-state index is -0.146. The van der Waals surface area contributed by atoms with Crippen LogP contribution in [0.15, 0.2) is 48.5 Å². The molecule has 0 fully saturated rings. The number of likely N-dealkylation sites (N-methyl/N-ethyl adjacent to an activating group) is 1. The number of fused-ring (bicyclic) bond motifs is 1. The van der Waals surface area contributed by atoms with Gasteiger partial charge in [0.1, 0.15) is 5.75 Å². The van der Waals surface area contributed by atoms with Gasteiger partial charge in [0.2, 0.25) is 5.91 Å². The van der Waals surface area contributed by atoms with Crippen molar-refractivity contribution in [3.05, 3.63) is 65.2 Å². The molecule has 0 aromatic heterocycles. The van der Waals surface area contributed by atoms with E-state index in [0.717, 1.165) is 24.3 Å². The standard InChI is InChI=1S/C20H24N2O2/c1-3-24-18-10-8-15(9-11-18)14-22(2)20(23)19-12-16-6-4-5-7-17(16)13-21-19/h4-11,19,21H,3,12-14H2,1-2H3. The number of hydrogen-bond donors (Lipinski definition) is 1. The minimum Gasteiger partial charge on any atom is -0.494 e. The molecule has 2 aromatic carbocycles. The Hall–Kier alpha value is -2.33. The fourth-order valence-corrected chi connectivity index (χ4v) is 3.10. The summed E-state index contributed by atoms with van der Waals surface area (Å²) in [6.45, 7) is 3.98. The average molecular weight is 324 g/mol. The van der Waals surface area contributed by atoms with E-state index in [4.69, 9.17) is 4.74 Å². The zero-order valence-corrected chi connectivity index (χ0v) is 14.3. The molecule has 24 heavy (non-hydrogen) atoms. The highest BCUT2D eigenvalue weighted by molar-refractivity contribution is 5.82. The lowest BCUT2D eigenvalue weighted by molar-refractivity contribution is -0.132. The highest BCUT2D eigenvalue weighted by Gasteiger charge is 2.26. The Labute approximate surface area is 143 Å². The molecular formula is C20H24N2O2. The summed E-state index contributed by atoms with van der Waals surface area (Å²) in [5.41, 5.74) is 3.66. The van der Waals surface area contributed by atoms with Gasteiger partial charge in [0, 0.05) is 20.1 Å². The van der Waals surface area contributed by atoms with E-state index in [1.165, 1.54) is 11.1 Å². The Kier molecular flexibility index (Phi) is 5.16. The summed E-state index contributed by atoms with van der Waals surface area (Å²) in [5, 5.41) is 3.36. The molecule has 1 amide bonds. The van der Waals surface area contributed by atoms with Crippen LogP contribution in [0.5, 0.6) is 5.75 Å². The molecule has 3 rings (SSSR count). The maximum absolute atomic E-state index is 12.7. The molecule has 0 bridgehead atoms. The Morgan fingerprint density at radius 3 is 2.58 bits per heavy atom. The highest BCUT2D eigenvalue weighted by atomic mass is 16.5. The first-order valence-electron chi connectivity index (χ1n) is 8.44. The van der Waals surface area contributed by atoms with Crippen LogP contribution >= 0.6 is 0 Å². The SMILES string of the molecule is CCOc1ccc(CN(C)C(=O)C2Cc3ccccc3CN2)cc1. The summed E-state index contributed by atoms with van der Waals surface area (Å²) in [7, 11) is 1.86. The van der Waals surface area contributed by atoms with Crippen molar-refractivity contribution in [3.8, 4) is 5.75 Å². The van der Waals surface area contributed by atoms with Crippen molar-refractivity contribution in [1.29, 1.82) is 0 Å². The van der Waals surface area contributed by atoms with Crippen molar-refractivity contribution in [2.24, 2.45) is 0 Å². The first-order valence-corrected chi connectivity index (χ1v) is 8.44. The van der Waals surface area contributed by atoms with Crippen molar-refractivity contribution < 1.29 is 9.53 Å². The van der Waals surface area contributed by atoms with Crippen LogP contribution in [0.3, 0.4) is 0 Å². The smallest absolute Gasteiger partial charge is 0.240 e. The lowest BCUT2D eigenvalue weighted by Gasteiger charge is -2.29. The molecule has 1 unspecified atom stereocenters. The van der Waals surface area contributed by atoms with Crippen LogP contribution in [0.1, 0.15) is 23.6 Å². The number of amides is 1. The molecule has 4 nitrogen and oxygen atoms in total. The van der Waals surface area contributed by atoms with Gasteiger partial charge in [0.05, 0.1) is 12.6 Å². The van der Waals surface area contributed by atoms with Gasteiger partial charge in [0.15, 0.2) is 0 Å². The number of hydrogen-bond acceptors (Lipinski definition) is 3. The van der Waals surface area contributed by atoms with Crippen molar-refractivity contribution in [3.63, 3.8) is 0 Å². The topological polar surface area (TPSA) is 41.6 Å². The molecule has 0 radical (unpaired) electrons. The van der Waals surface area contributed by atoms with Crippen LogP contribution in [-0.2, 0) is 24.3 Å². The predicted octanol–water partition coefficient (Wildman–Crippen LogP) is 2.76. The van der Waals surface area contributed by atoms with Gasteiger partial charge in [-0.05, 0) is 42.2 Å². The summed E-state index contributed by atoms with van der Waals surface area (Å²) >= 11 is 0. The first-order chi connectivity index (χ1) is 11.7. The molecule has 126 valence electrons. The predicted molar refractivity (Wildman–Crippen MR) is 94.9 cm³/mol. The zero-order chi connectivity index (χ0) is 16.9. The second kappa shape index (κ2) is 7.49. The lowest BCUT2D eigenvalue weighted by atomic mass is 9.95. The van der Waals surface area contributed by atoms with E-state index in [1.807, 2.05) is 50.4 Å². The molecule has 1 atom stereocenters.